The average Bonchev–Trinajstić information content (AvgIpc) is 2.78. The Morgan fingerprint density at radius 2 is 1.84 bits per heavy atom. The number of quaternary nitrogens is 1. The fourth-order valence-corrected chi connectivity index (χ4v) is 3.71. The van der Waals surface area contributed by atoms with Gasteiger partial charge in [0.25, 0.3) is 5.91 Å². The van der Waals surface area contributed by atoms with Crippen LogP contribution in [0, 0.1) is 6.92 Å². The van der Waals surface area contributed by atoms with E-state index in [0.717, 1.165) is 18.7 Å². The Morgan fingerprint density at radius 1 is 1.13 bits per heavy atom. The van der Waals surface area contributed by atoms with Crippen LogP contribution >= 0.6 is 0 Å². The van der Waals surface area contributed by atoms with Crippen molar-refractivity contribution in [2.24, 2.45) is 0 Å². The Bertz CT molecular complexity index is 1150. The minimum Gasteiger partial charge on any atom is -0.497 e. The van der Waals surface area contributed by atoms with Crippen LogP contribution in [0.15, 0.2) is 51.7 Å². The van der Waals surface area contributed by atoms with Crippen molar-refractivity contribution in [3.05, 3.63) is 58.3 Å². The third-order valence-electron chi connectivity index (χ3n) is 5.67. The summed E-state index contributed by atoms with van der Waals surface area (Å²) in [7, 11) is 3.70. The molecule has 0 bridgehead atoms. The second-order valence-corrected chi connectivity index (χ2v) is 7.94. The van der Waals surface area contributed by atoms with E-state index in [0.29, 0.717) is 41.1 Å². The summed E-state index contributed by atoms with van der Waals surface area (Å²) in [6.45, 7) is 4.91. The lowest BCUT2D eigenvalue weighted by Crippen LogP contribution is -3.12. The predicted octanol–water partition coefficient (Wildman–Crippen LogP) is 1.51. The molecule has 1 aliphatic heterocycles. The molecule has 0 spiro atoms. The van der Waals surface area contributed by atoms with Gasteiger partial charge < -0.3 is 23.7 Å². The van der Waals surface area contributed by atoms with Crippen molar-refractivity contribution in [1.82, 2.24) is 4.90 Å². The number of rotatable bonds is 5. The van der Waals surface area contributed by atoms with Crippen molar-refractivity contribution in [3.8, 4) is 22.8 Å². The van der Waals surface area contributed by atoms with Gasteiger partial charge in [-0.2, -0.15) is 0 Å². The number of amides is 1. The summed E-state index contributed by atoms with van der Waals surface area (Å²) < 4.78 is 17.2. The van der Waals surface area contributed by atoms with Gasteiger partial charge in [0.2, 0.25) is 11.2 Å². The standard InChI is InChI=1S/C24H26N2O5/c1-16-4-9-19-20(14-16)31-23(17-5-7-18(29-3)8-6-17)24(22(19)28)30-15-21(27)26-12-10-25(2)11-13-26/h4-9,14H,10-13,15H2,1-3H3/p+1. The molecule has 0 radical (unpaired) electrons. The highest BCUT2D eigenvalue weighted by atomic mass is 16.5. The maximum Gasteiger partial charge on any atom is 0.260 e. The monoisotopic (exact) mass is 423 g/mol. The Kier molecular flexibility index (Phi) is 5.95. The first-order chi connectivity index (χ1) is 15.0. The van der Waals surface area contributed by atoms with Crippen LogP contribution in [0.4, 0.5) is 0 Å². The maximum absolute atomic E-state index is 13.3. The van der Waals surface area contributed by atoms with Crippen molar-refractivity contribution in [3.63, 3.8) is 0 Å². The molecule has 162 valence electrons. The van der Waals surface area contributed by atoms with Crippen LogP contribution in [0.5, 0.6) is 11.5 Å². The highest BCUT2D eigenvalue weighted by molar-refractivity contribution is 5.83. The molecule has 1 fully saturated rings. The van der Waals surface area contributed by atoms with Crippen LogP contribution in [0.3, 0.4) is 0 Å². The highest BCUT2D eigenvalue weighted by Crippen LogP contribution is 2.32. The highest BCUT2D eigenvalue weighted by Gasteiger charge is 2.24. The SMILES string of the molecule is COc1ccc(-c2oc3cc(C)ccc3c(=O)c2OCC(=O)N2CC[NH+](C)CC2)cc1. The number of nitrogens with zero attached hydrogens (tertiary/aromatic N) is 1. The molecule has 1 amide bonds. The number of aryl methyl sites for hydroxylation is 1. The quantitative estimate of drug-likeness (QED) is 0.674. The molecular formula is C24H27N2O5+. The minimum atomic E-state index is -0.289. The van der Waals surface area contributed by atoms with Crippen molar-refractivity contribution < 1.29 is 23.6 Å². The zero-order valence-corrected chi connectivity index (χ0v) is 18.1. The van der Waals surface area contributed by atoms with Gasteiger partial charge in [-0.1, -0.05) is 6.07 Å². The summed E-state index contributed by atoms with van der Waals surface area (Å²) in [6.07, 6.45) is 0. The summed E-state index contributed by atoms with van der Waals surface area (Å²) >= 11 is 0. The zero-order chi connectivity index (χ0) is 22.0. The summed E-state index contributed by atoms with van der Waals surface area (Å²) in [5.74, 6) is 0.921. The van der Waals surface area contributed by atoms with Crippen LogP contribution in [0.1, 0.15) is 5.56 Å². The molecule has 31 heavy (non-hydrogen) atoms. The Labute approximate surface area is 180 Å². The number of nitrogens with one attached hydrogen (secondary N) is 1. The van der Waals surface area contributed by atoms with Crippen molar-refractivity contribution in [1.29, 1.82) is 0 Å². The number of piperazine rings is 1. The second-order valence-electron chi connectivity index (χ2n) is 7.94. The van der Waals surface area contributed by atoms with Crippen LogP contribution in [-0.2, 0) is 4.79 Å². The first-order valence-corrected chi connectivity index (χ1v) is 10.4. The van der Waals surface area contributed by atoms with Gasteiger partial charge in [-0.15, -0.1) is 0 Å². The molecule has 0 unspecified atom stereocenters. The van der Waals surface area contributed by atoms with Crippen LogP contribution in [0.2, 0.25) is 0 Å². The van der Waals surface area contributed by atoms with E-state index in [1.54, 1.807) is 42.3 Å². The lowest BCUT2D eigenvalue weighted by Gasteiger charge is -2.30. The van der Waals surface area contributed by atoms with E-state index in [4.69, 9.17) is 13.9 Å². The van der Waals surface area contributed by atoms with E-state index in [1.807, 2.05) is 19.1 Å². The van der Waals surface area contributed by atoms with Gasteiger partial charge in [-0.05, 0) is 48.9 Å². The van der Waals surface area contributed by atoms with Crippen LogP contribution < -0.4 is 19.8 Å². The van der Waals surface area contributed by atoms with Crippen molar-refractivity contribution >= 4 is 16.9 Å². The molecular weight excluding hydrogens is 396 g/mol. The number of hydrogen-bond acceptors (Lipinski definition) is 5. The second kappa shape index (κ2) is 8.81. The average molecular weight is 423 g/mol. The van der Waals surface area contributed by atoms with E-state index in [2.05, 4.69) is 7.05 Å². The van der Waals surface area contributed by atoms with Gasteiger partial charge in [0, 0.05) is 5.56 Å². The molecule has 1 saturated heterocycles. The van der Waals surface area contributed by atoms with Gasteiger partial charge in [0.1, 0.15) is 11.3 Å². The normalized spacial score (nSPS) is 14.6. The fraction of sp³-hybridized carbons (Fsp3) is 0.333. The molecule has 4 rings (SSSR count). The molecule has 0 aliphatic carbocycles. The summed E-state index contributed by atoms with van der Waals surface area (Å²) in [5.41, 5.74) is 1.85. The molecule has 7 nitrogen and oxygen atoms in total. The van der Waals surface area contributed by atoms with Crippen LogP contribution in [-0.4, -0.2) is 57.8 Å². The Morgan fingerprint density at radius 3 is 2.52 bits per heavy atom. The smallest absolute Gasteiger partial charge is 0.260 e. The fourth-order valence-electron chi connectivity index (χ4n) is 3.71. The number of fused-ring (bicyclic) bond motifs is 1. The number of benzene rings is 2. The molecule has 2 aromatic carbocycles. The summed E-state index contributed by atoms with van der Waals surface area (Å²) in [4.78, 5) is 29.1. The third-order valence-corrected chi connectivity index (χ3v) is 5.67. The van der Waals surface area contributed by atoms with Crippen LogP contribution in [0.25, 0.3) is 22.3 Å². The number of ether oxygens (including phenoxy) is 2. The maximum atomic E-state index is 13.3. The predicted molar refractivity (Wildman–Crippen MR) is 118 cm³/mol. The third kappa shape index (κ3) is 4.41. The number of likely N-dealkylation sites (N-methyl/N-ethyl adjacent to an activating group) is 1. The van der Waals surface area contributed by atoms with Gasteiger partial charge in [-0.3, -0.25) is 9.59 Å². The van der Waals surface area contributed by atoms with E-state index < -0.39 is 0 Å². The topological polar surface area (TPSA) is 73.4 Å². The van der Waals surface area contributed by atoms with Gasteiger partial charge in [0.05, 0.1) is 45.7 Å². The minimum absolute atomic E-state index is 0.0506. The molecule has 0 saturated carbocycles. The molecule has 1 N–H and O–H groups in total. The lowest BCUT2D eigenvalue weighted by atomic mass is 10.1. The van der Waals surface area contributed by atoms with Gasteiger partial charge >= 0.3 is 0 Å². The van der Waals surface area contributed by atoms with E-state index in [9.17, 15) is 9.59 Å². The number of hydrogen-bond donors (Lipinski definition) is 1. The molecule has 7 heteroatoms. The lowest BCUT2D eigenvalue weighted by molar-refractivity contribution is -0.883. The van der Waals surface area contributed by atoms with Gasteiger partial charge in [0.15, 0.2) is 12.4 Å². The number of carbonyl (C=O) groups excluding carboxylic acids is 1. The number of methoxy groups -OCH3 is 1. The number of carbonyl (C=O) groups is 1. The summed E-state index contributed by atoms with van der Waals surface area (Å²) in [5, 5.41) is 0.425. The van der Waals surface area contributed by atoms with Crippen molar-refractivity contribution in [2.75, 3.05) is 46.9 Å². The molecule has 3 aromatic rings. The first-order valence-electron chi connectivity index (χ1n) is 10.4. The zero-order valence-electron chi connectivity index (χ0n) is 18.1. The van der Waals surface area contributed by atoms with E-state index in [1.165, 1.54) is 4.90 Å². The Hall–Kier alpha value is -3.32. The summed E-state index contributed by atoms with van der Waals surface area (Å²) in [6, 6.07) is 12.6. The van der Waals surface area contributed by atoms with E-state index >= 15 is 0 Å². The van der Waals surface area contributed by atoms with E-state index in [-0.39, 0.29) is 23.7 Å². The molecule has 1 aliphatic rings. The molecule has 0 atom stereocenters. The van der Waals surface area contributed by atoms with Crippen molar-refractivity contribution in [2.45, 2.75) is 6.92 Å². The molecule has 1 aromatic heterocycles. The Balaban J connectivity index is 1.69. The first kappa shape index (κ1) is 20.9. The largest absolute Gasteiger partial charge is 0.497 e. The van der Waals surface area contributed by atoms with Gasteiger partial charge in [-0.25, -0.2) is 0 Å². The molecule has 2 heterocycles.